The molecule has 2 aliphatic rings. The molecule has 8 nitrogen and oxygen atoms in total. The molecule has 2 aromatic heterocycles. The summed E-state index contributed by atoms with van der Waals surface area (Å²) in [6.45, 7) is 1.14. The number of rotatable bonds is 6. The third kappa shape index (κ3) is 4.49. The van der Waals surface area contributed by atoms with Gasteiger partial charge in [-0.15, -0.1) is 0 Å². The summed E-state index contributed by atoms with van der Waals surface area (Å²) in [5.74, 6) is 1.08. The first-order valence-electron chi connectivity index (χ1n) is 10.9. The number of anilines is 1. The van der Waals surface area contributed by atoms with Crippen LogP contribution in [0.2, 0.25) is 0 Å². The van der Waals surface area contributed by atoms with Crippen molar-refractivity contribution in [2.75, 3.05) is 18.4 Å². The average molecular weight is 432 g/mol. The number of aromatic nitrogens is 2. The van der Waals surface area contributed by atoms with Gasteiger partial charge in [0.05, 0.1) is 11.9 Å². The summed E-state index contributed by atoms with van der Waals surface area (Å²) in [5, 5.41) is 2.87. The Bertz CT molecular complexity index is 1080. The van der Waals surface area contributed by atoms with E-state index >= 15 is 0 Å². The number of carbonyl (C=O) groups excluding carboxylic acids is 2. The van der Waals surface area contributed by atoms with Gasteiger partial charge in [-0.3, -0.25) is 9.59 Å². The molecule has 3 aromatic rings. The number of nitrogens with zero attached hydrogens (tertiary/aromatic N) is 3. The number of carbonyl (C=O) groups is 2. The zero-order chi connectivity index (χ0) is 21.9. The molecule has 1 saturated carbocycles. The van der Waals surface area contributed by atoms with Crippen LogP contribution in [0.15, 0.2) is 59.5 Å². The predicted molar refractivity (Wildman–Crippen MR) is 117 cm³/mol. The number of ether oxygens (including phenoxy) is 1. The van der Waals surface area contributed by atoms with Gasteiger partial charge in [0, 0.05) is 43.5 Å². The molecule has 1 N–H and O–H groups in total. The minimum Gasteiger partial charge on any atom is -0.474 e. The topological polar surface area (TPSA) is 97.6 Å². The zero-order valence-electron chi connectivity index (χ0n) is 17.6. The molecule has 3 heterocycles. The normalized spacial score (nSPS) is 16.6. The van der Waals surface area contributed by atoms with E-state index in [9.17, 15) is 9.59 Å². The van der Waals surface area contributed by atoms with E-state index in [0.717, 1.165) is 18.4 Å². The van der Waals surface area contributed by atoms with Crippen LogP contribution in [-0.4, -0.2) is 45.9 Å². The Morgan fingerprint density at radius 3 is 2.47 bits per heavy atom. The van der Waals surface area contributed by atoms with Crippen LogP contribution in [0.1, 0.15) is 36.2 Å². The van der Waals surface area contributed by atoms with Gasteiger partial charge in [-0.1, -0.05) is 30.3 Å². The summed E-state index contributed by atoms with van der Waals surface area (Å²) in [6, 6.07) is 13.1. The van der Waals surface area contributed by atoms with Crippen molar-refractivity contribution in [1.29, 1.82) is 0 Å². The number of nitrogens with one attached hydrogen (secondary N) is 1. The van der Waals surface area contributed by atoms with Crippen LogP contribution in [0.5, 0.6) is 5.88 Å². The smallest absolute Gasteiger partial charge is 0.276 e. The Morgan fingerprint density at radius 2 is 1.78 bits per heavy atom. The van der Waals surface area contributed by atoms with E-state index in [4.69, 9.17) is 9.15 Å². The molecule has 1 saturated heterocycles. The van der Waals surface area contributed by atoms with Crippen molar-refractivity contribution < 1.29 is 18.7 Å². The Balaban J connectivity index is 1.15. The molecule has 1 aromatic carbocycles. The number of oxazole rings is 1. The summed E-state index contributed by atoms with van der Waals surface area (Å²) in [5.41, 5.74) is 1.84. The second-order valence-corrected chi connectivity index (χ2v) is 8.15. The van der Waals surface area contributed by atoms with Crippen LogP contribution >= 0.6 is 0 Å². The van der Waals surface area contributed by atoms with Gasteiger partial charge < -0.3 is 19.4 Å². The Labute approximate surface area is 185 Å². The number of hydrogen-bond donors (Lipinski definition) is 1. The maximum absolute atomic E-state index is 13.0. The molecule has 2 fully saturated rings. The van der Waals surface area contributed by atoms with Gasteiger partial charge in [-0.05, 0) is 18.9 Å². The molecule has 0 atom stereocenters. The highest BCUT2D eigenvalue weighted by Gasteiger charge is 2.30. The van der Waals surface area contributed by atoms with Gasteiger partial charge >= 0.3 is 0 Å². The zero-order valence-corrected chi connectivity index (χ0v) is 17.6. The maximum Gasteiger partial charge on any atom is 0.276 e. The largest absolute Gasteiger partial charge is 0.474 e. The van der Waals surface area contributed by atoms with Gasteiger partial charge in [0.15, 0.2) is 17.8 Å². The van der Waals surface area contributed by atoms with Crippen molar-refractivity contribution in [2.24, 2.45) is 5.92 Å². The number of amides is 2. The summed E-state index contributed by atoms with van der Waals surface area (Å²) in [7, 11) is 0. The van der Waals surface area contributed by atoms with Crippen molar-refractivity contribution in [3.63, 3.8) is 0 Å². The van der Waals surface area contributed by atoms with Crippen LogP contribution in [0.25, 0.3) is 11.3 Å². The quantitative estimate of drug-likeness (QED) is 0.637. The lowest BCUT2D eigenvalue weighted by Gasteiger charge is -2.31. The Morgan fingerprint density at radius 1 is 1.00 bits per heavy atom. The Hall–Kier alpha value is -3.68. The van der Waals surface area contributed by atoms with Gasteiger partial charge in [0.25, 0.3) is 5.91 Å². The highest BCUT2D eigenvalue weighted by atomic mass is 16.5. The van der Waals surface area contributed by atoms with Crippen molar-refractivity contribution in [2.45, 2.75) is 31.8 Å². The van der Waals surface area contributed by atoms with Crippen molar-refractivity contribution >= 4 is 17.5 Å². The molecule has 8 heteroatoms. The van der Waals surface area contributed by atoms with Crippen LogP contribution in [0.3, 0.4) is 0 Å². The number of pyridine rings is 1. The van der Waals surface area contributed by atoms with Crippen molar-refractivity contribution in [3.8, 4) is 17.2 Å². The summed E-state index contributed by atoms with van der Waals surface area (Å²) in [4.78, 5) is 35.1. The second-order valence-electron chi connectivity index (χ2n) is 8.15. The first-order valence-corrected chi connectivity index (χ1v) is 10.9. The molecule has 1 aliphatic carbocycles. The molecule has 0 spiro atoms. The summed E-state index contributed by atoms with van der Waals surface area (Å²) in [6.07, 6.45) is 6.23. The van der Waals surface area contributed by atoms with Gasteiger partial charge in [-0.2, -0.15) is 0 Å². The van der Waals surface area contributed by atoms with Crippen LogP contribution in [0, 0.1) is 5.92 Å². The number of hydrogen-bond acceptors (Lipinski definition) is 6. The number of benzene rings is 1. The molecular formula is C24H24N4O4. The van der Waals surface area contributed by atoms with E-state index < -0.39 is 0 Å². The molecule has 1 aliphatic heterocycles. The van der Waals surface area contributed by atoms with Crippen LogP contribution < -0.4 is 10.1 Å². The number of likely N-dealkylation sites (tertiary alicyclic amines) is 1. The van der Waals surface area contributed by atoms with E-state index in [1.807, 2.05) is 30.3 Å². The monoisotopic (exact) mass is 432 g/mol. The maximum atomic E-state index is 13.0. The predicted octanol–water partition coefficient (Wildman–Crippen LogP) is 3.77. The standard InChI is InChI=1S/C24H24N4O4/c29-23(17-6-7-17)27-18-8-9-20(25-14-18)32-19-10-12-28(13-11-19)24(30)21-22(31-15-26-21)16-4-2-1-3-5-16/h1-5,8-9,14-15,17,19H,6-7,10-13H2,(H,27,29). The molecule has 0 bridgehead atoms. The summed E-state index contributed by atoms with van der Waals surface area (Å²) < 4.78 is 11.5. The SMILES string of the molecule is O=C(Nc1ccc(OC2CCN(C(=O)c3ncoc3-c3ccccc3)CC2)nc1)C1CC1. The summed E-state index contributed by atoms with van der Waals surface area (Å²) >= 11 is 0. The molecular weight excluding hydrogens is 408 g/mol. The van der Waals surface area contributed by atoms with Crippen LogP contribution in [0.4, 0.5) is 5.69 Å². The lowest BCUT2D eigenvalue weighted by molar-refractivity contribution is -0.117. The third-order valence-electron chi connectivity index (χ3n) is 5.77. The molecule has 164 valence electrons. The molecule has 0 radical (unpaired) electrons. The average Bonchev–Trinajstić information content (AvgIpc) is 3.58. The van der Waals surface area contributed by atoms with E-state index in [2.05, 4.69) is 15.3 Å². The minimum absolute atomic E-state index is 0.0237. The first kappa shape index (κ1) is 20.2. The minimum atomic E-state index is -0.134. The third-order valence-corrected chi connectivity index (χ3v) is 5.77. The van der Waals surface area contributed by atoms with Crippen molar-refractivity contribution in [3.05, 3.63) is 60.7 Å². The molecule has 32 heavy (non-hydrogen) atoms. The van der Waals surface area contributed by atoms with Gasteiger partial charge in [0.1, 0.15) is 6.10 Å². The van der Waals surface area contributed by atoms with E-state index in [1.165, 1.54) is 6.39 Å². The first-order chi connectivity index (χ1) is 15.7. The lowest BCUT2D eigenvalue weighted by Crippen LogP contribution is -2.42. The fraction of sp³-hybridized carbons (Fsp3) is 0.333. The van der Waals surface area contributed by atoms with Gasteiger partial charge in [-0.25, -0.2) is 9.97 Å². The van der Waals surface area contributed by atoms with Crippen molar-refractivity contribution in [1.82, 2.24) is 14.9 Å². The highest BCUT2D eigenvalue weighted by molar-refractivity contribution is 5.97. The fourth-order valence-electron chi connectivity index (χ4n) is 3.80. The molecule has 5 rings (SSSR count). The molecule has 0 unspecified atom stereocenters. The highest BCUT2D eigenvalue weighted by Crippen LogP contribution is 2.30. The second kappa shape index (κ2) is 8.82. The lowest BCUT2D eigenvalue weighted by atomic mass is 10.1. The fourth-order valence-corrected chi connectivity index (χ4v) is 3.80. The number of piperidine rings is 1. The Kier molecular flexibility index (Phi) is 5.58. The van der Waals surface area contributed by atoms with E-state index in [1.54, 1.807) is 23.2 Å². The molecule has 2 amide bonds. The van der Waals surface area contributed by atoms with E-state index in [-0.39, 0.29) is 23.8 Å². The van der Waals surface area contributed by atoms with Gasteiger partial charge in [0.2, 0.25) is 11.8 Å². The van der Waals surface area contributed by atoms with E-state index in [0.29, 0.717) is 49.0 Å². The van der Waals surface area contributed by atoms with Crippen LogP contribution in [-0.2, 0) is 4.79 Å².